The van der Waals surface area contributed by atoms with E-state index in [1.165, 1.54) is 31.3 Å². The number of ketones is 1. The molecule has 2 aromatic carbocycles. The fourth-order valence-corrected chi connectivity index (χ4v) is 3.17. The molecule has 0 aliphatic rings. The predicted octanol–water partition coefficient (Wildman–Crippen LogP) is 2.40. The Kier molecular flexibility index (Phi) is 5.87. The van der Waals surface area contributed by atoms with Crippen molar-refractivity contribution in [3.8, 4) is 0 Å². The predicted molar refractivity (Wildman–Crippen MR) is 91.4 cm³/mol. The summed E-state index contributed by atoms with van der Waals surface area (Å²) in [7, 11) is -2.39. The molecule has 0 saturated heterocycles. The summed E-state index contributed by atoms with van der Waals surface area (Å²) in [5.74, 6) is -1.14. The van der Waals surface area contributed by atoms with Gasteiger partial charge in [0.05, 0.1) is 10.5 Å². The van der Waals surface area contributed by atoms with Gasteiger partial charge in [-0.1, -0.05) is 40.2 Å². The molecule has 0 amide bonds. The van der Waals surface area contributed by atoms with Gasteiger partial charge in [0.15, 0.2) is 6.61 Å². The van der Waals surface area contributed by atoms with Crippen LogP contribution in [0.1, 0.15) is 20.7 Å². The summed E-state index contributed by atoms with van der Waals surface area (Å²) in [6.45, 7) is -0.440. The van der Waals surface area contributed by atoms with Crippen LogP contribution < -0.4 is 4.72 Å². The van der Waals surface area contributed by atoms with Crippen molar-refractivity contribution in [3.63, 3.8) is 0 Å². The second-order valence-electron chi connectivity index (χ2n) is 4.71. The van der Waals surface area contributed by atoms with Crippen molar-refractivity contribution in [2.45, 2.75) is 4.90 Å². The normalized spacial score (nSPS) is 11.1. The zero-order chi connectivity index (χ0) is 17.7. The molecule has 2 rings (SSSR count). The fraction of sp³-hybridized carbons (Fsp3) is 0.125. The molecule has 2 aromatic rings. The summed E-state index contributed by atoms with van der Waals surface area (Å²) >= 11 is 3.25. The summed E-state index contributed by atoms with van der Waals surface area (Å²) in [5, 5.41) is 0. The van der Waals surface area contributed by atoms with Crippen molar-refractivity contribution in [1.82, 2.24) is 4.72 Å². The summed E-state index contributed by atoms with van der Waals surface area (Å²) in [6.07, 6.45) is 0. The molecule has 0 heterocycles. The molecule has 0 aromatic heterocycles. The first-order valence-electron chi connectivity index (χ1n) is 6.83. The molecule has 0 bridgehead atoms. The molecule has 0 saturated carbocycles. The molecule has 0 radical (unpaired) electrons. The van der Waals surface area contributed by atoms with Crippen LogP contribution in [0, 0.1) is 0 Å². The van der Waals surface area contributed by atoms with Gasteiger partial charge < -0.3 is 4.74 Å². The first-order chi connectivity index (χ1) is 11.3. The number of rotatable bonds is 6. The number of nitrogens with one attached hydrogen (secondary N) is 1. The van der Waals surface area contributed by atoms with Gasteiger partial charge in [0.2, 0.25) is 15.8 Å². The lowest BCUT2D eigenvalue weighted by atomic mass is 10.1. The smallest absolute Gasteiger partial charge is 0.338 e. The average molecular weight is 412 g/mol. The number of esters is 1. The SMILES string of the molecule is CNS(=O)(=O)c1cccc(C(=O)OCC(=O)c2ccccc2Br)c1. The number of carbonyl (C=O) groups is 2. The first kappa shape index (κ1) is 18.3. The van der Waals surface area contributed by atoms with Crippen LogP contribution in [-0.2, 0) is 14.8 Å². The van der Waals surface area contributed by atoms with Crippen molar-refractivity contribution in [2.75, 3.05) is 13.7 Å². The number of Topliss-reactive ketones (excluding diaryl/α,β-unsaturated/α-hetero) is 1. The molecule has 0 atom stereocenters. The van der Waals surface area contributed by atoms with Gasteiger partial charge in [-0.25, -0.2) is 17.9 Å². The van der Waals surface area contributed by atoms with Gasteiger partial charge in [-0.3, -0.25) is 4.79 Å². The topological polar surface area (TPSA) is 89.5 Å². The van der Waals surface area contributed by atoms with Crippen LogP contribution in [0.4, 0.5) is 0 Å². The highest BCUT2D eigenvalue weighted by Crippen LogP contribution is 2.17. The fourth-order valence-electron chi connectivity index (χ4n) is 1.89. The van der Waals surface area contributed by atoms with Crippen LogP contribution in [0.5, 0.6) is 0 Å². The van der Waals surface area contributed by atoms with Gasteiger partial charge >= 0.3 is 5.97 Å². The van der Waals surface area contributed by atoms with E-state index in [0.29, 0.717) is 10.0 Å². The van der Waals surface area contributed by atoms with E-state index in [2.05, 4.69) is 20.7 Å². The Balaban J connectivity index is 2.10. The maximum atomic E-state index is 12.1. The van der Waals surface area contributed by atoms with Crippen LogP contribution in [0.2, 0.25) is 0 Å². The molecule has 8 heteroatoms. The molecule has 0 spiro atoms. The highest BCUT2D eigenvalue weighted by Gasteiger charge is 2.17. The van der Waals surface area contributed by atoms with E-state index in [9.17, 15) is 18.0 Å². The molecular formula is C16H14BrNO5S. The molecule has 1 N–H and O–H groups in total. The highest BCUT2D eigenvalue weighted by molar-refractivity contribution is 9.10. The standard InChI is InChI=1S/C16H14BrNO5S/c1-18-24(21,22)12-6-4-5-11(9-12)16(20)23-10-15(19)13-7-2-3-8-14(13)17/h2-9,18H,10H2,1H3. The molecule has 6 nitrogen and oxygen atoms in total. The zero-order valence-corrected chi connectivity index (χ0v) is 15.1. The molecule has 126 valence electrons. The Labute approximate surface area is 148 Å². The Bertz CT molecular complexity index is 880. The van der Waals surface area contributed by atoms with Crippen molar-refractivity contribution < 1.29 is 22.7 Å². The van der Waals surface area contributed by atoms with Crippen LogP contribution in [0.3, 0.4) is 0 Å². The van der Waals surface area contributed by atoms with E-state index in [-0.39, 0.29) is 16.2 Å². The third-order valence-corrected chi connectivity index (χ3v) is 5.26. The monoisotopic (exact) mass is 411 g/mol. The van der Waals surface area contributed by atoms with E-state index in [4.69, 9.17) is 4.74 Å². The van der Waals surface area contributed by atoms with Gasteiger partial charge in [0, 0.05) is 10.0 Å². The van der Waals surface area contributed by atoms with Crippen molar-refractivity contribution in [2.24, 2.45) is 0 Å². The second kappa shape index (κ2) is 7.69. The van der Waals surface area contributed by atoms with Gasteiger partial charge in [-0.05, 0) is 31.3 Å². The van der Waals surface area contributed by atoms with E-state index < -0.39 is 22.6 Å². The minimum atomic E-state index is -3.67. The average Bonchev–Trinajstić information content (AvgIpc) is 2.60. The third kappa shape index (κ3) is 4.28. The number of sulfonamides is 1. The quantitative estimate of drug-likeness (QED) is 0.582. The van der Waals surface area contributed by atoms with Gasteiger partial charge in [0.1, 0.15) is 0 Å². The summed E-state index contributed by atoms with van der Waals surface area (Å²) in [5.41, 5.74) is 0.447. The van der Waals surface area contributed by atoms with Gasteiger partial charge in [-0.2, -0.15) is 0 Å². The van der Waals surface area contributed by atoms with E-state index in [1.54, 1.807) is 24.3 Å². The Morgan fingerprint density at radius 3 is 2.50 bits per heavy atom. The minimum Gasteiger partial charge on any atom is -0.454 e. The van der Waals surface area contributed by atoms with Crippen LogP contribution in [-0.4, -0.2) is 33.8 Å². The van der Waals surface area contributed by atoms with Crippen molar-refractivity contribution >= 4 is 37.7 Å². The number of ether oxygens (including phenoxy) is 1. The molecule has 0 fully saturated rings. The number of benzene rings is 2. The molecule has 0 aliphatic heterocycles. The summed E-state index contributed by atoms with van der Waals surface area (Å²) in [6, 6.07) is 12.2. The Morgan fingerprint density at radius 1 is 1.12 bits per heavy atom. The Hall–Kier alpha value is -2.03. The zero-order valence-electron chi connectivity index (χ0n) is 12.7. The number of hydrogen-bond donors (Lipinski definition) is 1. The van der Waals surface area contributed by atoms with Crippen LogP contribution in [0.15, 0.2) is 57.9 Å². The third-order valence-electron chi connectivity index (χ3n) is 3.16. The van der Waals surface area contributed by atoms with Crippen LogP contribution >= 0.6 is 15.9 Å². The molecule has 0 unspecified atom stereocenters. The largest absolute Gasteiger partial charge is 0.454 e. The summed E-state index contributed by atoms with van der Waals surface area (Å²) in [4.78, 5) is 24.0. The van der Waals surface area contributed by atoms with Crippen molar-refractivity contribution in [1.29, 1.82) is 0 Å². The van der Waals surface area contributed by atoms with E-state index in [1.807, 2.05) is 0 Å². The minimum absolute atomic E-state index is 0.0475. The highest BCUT2D eigenvalue weighted by atomic mass is 79.9. The van der Waals surface area contributed by atoms with Gasteiger partial charge in [-0.15, -0.1) is 0 Å². The first-order valence-corrected chi connectivity index (χ1v) is 9.11. The van der Waals surface area contributed by atoms with Gasteiger partial charge in [0.25, 0.3) is 0 Å². The lowest BCUT2D eigenvalue weighted by molar-refractivity contribution is 0.0474. The lowest BCUT2D eigenvalue weighted by Crippen LogP contribution is -2.19. The van der Waals surface area contributed by atoms with Crippen LogP contribution in [0.25, 0.3) is 0 Å². The number of hydrogen-bond acceptors (Lipinski definition) is 5. The molecule has 24 heavy (non-hydrogen) atoms. The summed E-state index contributed by atoms with van der Waals surface area (Å²) < 4.78 is 31.2. The van der Waals surface area contributed by atoms with E-state index >= 15 is 0 Å². The lowest BCUT2D eigenvalue weighted by Gasteiger charge is -2.07. The van der Waals surface area contributed by atoms with E-state index in [0.717, 1.165) is 0 Å². The molecular weight excluding hydrogens is 398 g/mol. The second-order valence-corrected chi connectivity index (χ2v) is 7.46. The van der Waals surface area contributed by atoms with Crippen molar-refractivity contribution in [3.05, 3.63) is 64.1 Å². The molecule has 0 aliphatic carbocycles. The number of halogens is 1. The maximum Gasteiger partial charge on any atom is 0.338 e. The maximum absolute atomic E-state index is 12.1. The number of carbonyl (C=O) groups excluding carboxylic acids is 2. The Morgan fingerprint density at radius 2 is 1.83 bits per heavy atom.